The minimum absolute atomic E-state index is 0.0342. The van der Waals surface area contributed by atoms with Gasteiger partial charge in [0.15, 0.2) is 5.78 Å². The standard InChI is InChI=1S/C30H32N2O3/c1-4-34-22-15-13-20(14-16-22)21-17-26-29(27(33)18-21)30(32-25-11-7-6-10-24(25)31-26)23-9-5-8-12-28(23)35-19(2)3/h5-16,19,21,30-32H,4,17-18H2,1-3H3. The van der Waals surface area contributed by atoms with Crippen molar-refractivity contribution in [3.63, 3.8) is 0 Å². The molecule has 0 aromatic heterocycles. The van der Waals surface area contributed by atoms with Crippen molar-refractivity contribution < 1.29 is 14.3 Å². The van der Waals surface area contributed by atoms with Crippen molar-refractivity contribution in [2.45, 2.75) is 51.7 Å². The fourth-order valence-electron chi connectivity index (χ4n) is 5.04. The van der Waals surface area contributed by atoms with Gasteiger partial charge in [-0.25, -0.2) is 0 Å². The van der Waals surface area contributed by atoms with Gasteiger partial charge in [-0.1, -0.05) is 42.5 Å². The van der Waals surface area contributed by atoms with Crippen LogP contribution in [0.5, 0.6) is 11.5 Å². The van der Waals surface area contributed by atoms with Crippen molar-refractivity contribution in [2.75, 3.05) is 17.2 Å². The van der Waals surface area contributed by atoms with Crippen molar-refractivity contribution >= 4 is 17.2 Å². The maximum absolute atomic E-state index is 13.8. The van der Waals surface area contributed by atoms with E-state index in [4.69, 9.17) is 9.47 Å². The zero-order valence-electron chi connectivity index (χ0n) is 20.5. The second-order valence-electron chi connectivity index (χ2n) is 9.37. The van der Waals surface area contributed by atoms with Gasteiger partial charge in [0, 0.05) is 23.3 Å². The summed E-state index contributed by atoms with van der Waals surface area (Å²) >= 11 is 0. The van der Waals surface area contributed by atoms with E-state index in [1.54, 1.807) is 0 Å². The second-order valence-corrected chi connectivity index (χ2v) is 9.37. The van der Waals surface area contributed by atoms with E-state index < -0.39 is 0 Å². The summed E-state index contributed by atoms with van der Waals surface area (Å²) in [7, 11) is 0. The largest absolute Gasteiger partial charge is 0.494 e. The Labute approximate surface area is 207 Å². The Morgan fingerprint density at radius 1 is 0.914 bits per heavy atom. The number of nitrogens with one attached hydrogen (secondary N) is 2. The van der Waals surface area contributed by atoms with Gasteiger partial charge in [-0.05, 0) is 69.0 Å². The van der Waals surface area contributed by atoms with E-state index in [1.165, 1.54) is 0 Å². The summed E-state index contributed by atoms with van der Waals surface area (Å²) in [5, 5.41) is 7.27. The maximum Gasteiger partial charge on any atom is 0.163 e. The van der Waals surface area contributed by atoms with Gasteiger partial charge in [0.1, 0.15) is 11.5 Å². The zero-order valence-corrected chi connectivity index (χ0v) is 20.5. The fraction of sp³-hybridized carbons (Fsp3) is 0.300. The topological polar surface area (TPSA) is 59.6 Å². The quantitative estimate of drug-likeness (QED) is 0.414. The van der Waals surface area contributed by atoms with Crippen LogP contribution in [0, 0.1) is 0 Å². The first-order chi connectivity index (χ1) is 17.0. The molecule has 180 valence electrons. The fourth-order valence-corrected chi connectivity index (χ4v) is 5.04. The average molecular weight is 469 g/mol. The molecule has 0 bridgehead atoms. The van der Waals surface area contributed by atoms with E-state index in [0.717, 1.165) is 51.7 Å². The molecule has 2 unspecified atom stereocenters. The Hall–Kier alpha value is -3.73. The molecule has 3 aromatic rings. The molecule has 2 aliphatic rings. The second kappa shape index (κ2) is 9.87. The summed E-state index contributed by atoms with van der Waals surface area (Å²) in [5.41, 5.74) is 5.84. The number of Topliss-reactive ketones (excluding diaryl/α,β-unsaturated/α-hetero) is 1. The van der Waals surface area contributed by atoms with E-state index in [9.17, 15) is 4.79 Å². The van der Waals surface area contributed by atoms with Crippen LogP contribution in [0.4, 0.5) is 11.4 Å². The Morgan fingerprint density at radius 3 is 2.37 bits per heavy atom. The number of hydrogen-bond acceptors (Lipinski definition) is 5. The molecule has 1 aliphatic carbocycles. The molecule has 2 N–H and O–H groups in total. The van der Waals surface area contributed by atoms with Crippen LogP contribution in [0.3, 0.4) is 0 Å². The van der Waals surface area contributed by atoms with Gasteiger partial charge in [0.05, 0.1) is 30.1 Å². The molecule has 3 aromatic carbocycles. The number of benzene rings is 3. The van der Waals surface area contributed by atoms with E-state index in [1.807, 2.05) is 69.3 Å². The number of carbonyl (C=O) groups is 1. The Morgan fingerprint density at radius 2 is 1.63 bits per heavy atom. The monoisotopic (exact) mass is 468 g/mol. The highest BCUT2D eigenvalue weighted by Crippen LogP contribution is 2.46. The molecular weight excluding hydrogens is 436 g/mol. The third-order valence-electron chi connectivity index (χ3n) is 6.56. The van der Waals surface area contributed by atoms with E-state index in [-0.39, 0.29) is 23.8 Å². The Bertz CT molecular complexity index is 1250. The van der Waals surface area contributed by atoms with Crippen molar-refractivity contribution in [1.82, 2.24) is 0 Å². The molecule has 5 nitrogen and oxygen atoms in total. The van der Waals surface area contributed by atoms with Crippen molar-refractivity contribution in [1.29, 1.82) is 0 Å². The van der Waals surface area contributed by atoms with Crippen molar-refractivity contribution in [2.24, 2.45) is 0 Å². The van der Waals surface area contributed by atoms with Gasteiger partial charge in [-0.3, -0.25) is 4.79 Å². The lowest BCUT2D eigenvalue weighted by Gasteiger charge is -2.30. The lowest BCUT2D eigenvalue weighted by atomic mass is 9.78. The van der Waals surface area contributed by atoms with E-state index in [0.29, 0.717) is 13.0 Å². The number of anilines is 2. The summed E-state index contributed by atoms with van der Waals surface area (Å²) in [6.45, 7) is 6.65. The van der Waals surface area contributed by atoms with Crippen LogP contribution in [0.25, 0.3) is 0 Å². The van der Waals surface area contributed by atoms with Gasteiger partial charge in [0.2, 0.25) is 0 Å². The smallest absolute Gasteiger partial charge is 0.163 e. The normalized spacial score (nSPS) is 19.3. The van der Waals surface area contributed by atoms with E-state index >= 15 is 0 Å². The van der Waals surface area contributed by atoms with Crippen molar-refractivity contribution in [3.05, 3.63) is 95.2 Å². The molecule has 0 saturated heterocycles. The molecule has 2 atom stereocenters. The SMILES string of the molecule is CCOc1ccc(C2CC(=O)C3=C(C2)Nc2ccccc2NC3c2ccccc2OC(C)C)cc1. The molecule has 0 spiro atoms. The highest BCUT2D eigenvalue weighted by atomic mass is 16.5. The summed E-state index contributed by atoms with van der Waals surface area (Å²) in [4.78, 5) is 13.8. The van der Waals surface area contributed by atoms with Crippen molar-refractivity contribution in [3.8, 4) is 11.5 Å². The Balaban J connectivity index is 1.57. The van der Waals surface area contributed by atoms with Gasteiger partial charge in [-0.2, -0.15) is 0 Å². The highest BCUT2D eigenvalue weighted by molar-refractivity contribution is 6.01. The number of para-hydroxylation sites is 3. The molecule has 5 heteroatoms. The number of carbonyl (C=O) groups excluding carboxylic acids is 1. The summed E-state index contributed by atoms with van der Waals surface area (Å²) in [5.74, 6) is 1.92. The van der Waals surface area contributed by atoms with Gasteiger partial charge < -0.3 is 20.1 Å². The predicted molar refractivity (Wildman–Crippen MR) is 140 cm³/mol. The van der Waals surface area contributed by atoms with Crippen LogP contribution in [-0.4, -0.2) is 18.5 Å². The van der Waals surface area contributed by atoms with Gasteiger partial charge >= 0.3 is 0 Å². The van der Waals surface area contributed by atoms with Crippen LogP contribution in [0.1, 0.15) is 56.7 Å². The maximum atomic E-state index is 13.8. The zero-order chi connectivity index (χ0) is 24.4. The molecular formula is C30H32N2O3. The van der Waals surface area contributed by atoms with Crippen LogP contribution >= 0.6 is 0 Å². The first-order valence-electron chi connectivity index (χ1n) is 12.4. The third-order valence-corrected chi connectivity index (χ3v) is 6.56. The number of fused-ring (bicyclic) bond motifs is 1. The molecule has 0 saturated carbocycles. The first-order valence-corrected chi connectivity index (χ1v) is 12.4. The van der Waals surface area contributed by atoms with Gasteiger partial charge in [0.25, 0.3) is 0 Å². The van der Waals surface area contributed by atoms with Crippen LogP contribution < -0.4 is 20.1 Å². The predicted octanol–water partition coefficient (Wildman–Crippen LogP) is 6.85. The number of rotatable bonds is 6. The van der Waals surface area contributed by atoms with E-state index in [2.05, 4.69) is 34.9 Å². The van der Waals surface area contributed by atoms with Crippen LogP contribution in [0.2, 0.25) is 0 Å². The molecule has 0 amide bonds. The first kappa shape index (κ1) is 23.0. The Kier molecular flexibility index (Phi) is 6.49. The van der Waals surface area contributed by atoms with Crippen LogP contribution in [0.15, 0.2) is 84.1 Å². The minimum Gasteiger partial charge on any atom is -0.494 e. The molecule has 1 aliphatic heterocycles. The number of ketones is 1. The lowest BCUT2D eigenvalue weighted by Crippen LogP contribution is -2.27. The number of hydrogen-bond donors (Lipinski definition) is 2. The molecule has 0 radical (unpaired) electrons. The number of allylic oxidation sites excluding steroid dienone is 1. The number of ether oxygens (including phenoxy) is 2. The third kappa shape index (κ3) is 4.76. The summed E-state index contributed by atoms with van der Waals surface area (Å²) in [6.07, 6.45) is 1.26. The molecule has 1 heterocycles. The average Bonchev–Trinajstić information content (AvgIpc) is 3.01. The van der Waals surface area contributed by atoms with Crippen LogP contribution in [-0.2, 0) is 4.79 Å². The van der Waals surface area contributed by atoms with Gasteiger partial charge in [-0.15, -0.1) is 0 Å². The molecule has 0 fully saturated rings. The highest BCUT2D eigenvalue weighted by Gasteiger charge is 2.37. The lowest BCUT2D eigenvalue weighted by molar-refractivity contribution is -0.116. The molecule has 35 heavy (non-hydrogen) atoms. The summed E-state index contributed by atoms with van der Waals surface area (Å²) < 4.78 is 11.8. The summed E-state index contributed by atoms with van der Waals surface area (Å²) in [6, 6.07) is 24.0. The minimum atomic E-state index is -0.301. The molecule has 5 rings (SSSR count).